The van der Waals surface area contributed by atoms with Crippen molar-refractivity contribution < 1.29 is 12.8 Å². The molecule has 0 aromatic carbocycles. The molecular weight excluding hydrogens is 517 g/mol. The molecule has 0 amide bonds. The summed E-state index contributed by atoms with van der Waals surface area (Å²) in [7, 11) is -5.07. The van der Waals surface area contributed by atoms with E-state index in [0.29, 0.717) is 29.6 Å². The minimum atomic E-state index is -3.18. The number of rotatable bonds is 7. The van der Waals surface area contributed by atoms with Crippen LogP contribution in [-0.4, -0.2) is 33.8 Å². The van der Waals surface area contributed by atoms with E-state index in [9.17, 15) is 8.42 Å². The van der Waals surface area contributed by atoms with Crippen molar-refractivity contribution in [2.24, 2.45) is 35.0 Å². The van der Waals surface area contributed by atoms with E-state index in [1.165, 1.54) is 42.4 Å². The molecule has 0 spiro atoms. The lowest BCUT2D eigenvalue weighted by Gasteiger charge is -2.44. The number of hydrogen-bond donors (Lipinski definition) is 0. The van der Waals surface area contributed by atoms with E-state index in [1.807, 2.05) is 0 Å². The predicted molar refractivity (Wildman–Crippen MR) is 169 cm³/mol. The van der Waals surface area contributed by atoms with Crippen LogP contribution in [0.15, 0.2) is 34.9 Å². The van der Waals surface area contributed by atoms with Crippen LogP contribution in [0.3, 0.4) is 0 Å². The van der Waals surface area contributed by atoms with Gasteiger partial charge in [0.2, 0.25) is 0 Å². The van der Waals surface area contributed by atoms with E-state index in [2.05, 4.69) is 86.7 Å². The van der Waals surface area contributed by atoms with Gasteiger partial charge in [-0.05, 0) is 110 Å². The zero-order valence-electron chi connectivity index (χ0n) is 26.8. The molecule has 0 aromatic rings. The van der Waals surface area contributed by atoms with Crippen LogP contribution < -0.4 is 0 Å². The largest absolute Gasteiger partial charge is 0.414 e. The van der Waals surface area contributed by atoms with Crippen LogP contribution >= 0.6 is 0 Å². The van der Waals surface area contributed by atoms with E-state index < -0.39 is 23.4 Å². The van der Waals surface area contributed by atoms with Crippen LogP contribution in [0.25, 0.3) is 0 Å². The highest BCUT2D eigenvalue weighted by Crippen LogP contribution is 2.60. The first-order valence-corrected chi connectivity index (χ1v) is 20.6. The van der Waals surface area contributed by atoms with Crippen molar-refractivity contribution in [3.05, 3.63) is 34.9 Å². The standard InChI is InChI=1S/C34H58O3SSi/c1-23(2)24(3)13-14-25(4)30-17-18-31-26(12-11-19-34(30,31)8)20-32-29-21-28(37-39(9,10)33(5,6)7)16-15-27(29)22-38(32,35)36/h13-14,20,23-25,28,30-32H,11-12,15-19,21-22H2,1-10H3. The Morgan fingerprint density at radius 3 is 2.36 bits per heavy atom. The molecule has 0 N–H and O–H groups in total. The summed E-state index contributed by atoms with van der Waals surface area (Å²) in [5, 5.41) is -0.255. The van der Waals surface area contributed by atoms with Gasteiger partial charge in [-0.15, -0.1) is 0 Å². The van der Waals surface area contributed by atoms with Gasteiger partial charge in [-0.3, -0.25) is 0 Å². The Morgan fingerprint density at radius 1 is 1.03 bits per heavy atom. The molecule has 7 unspecified atom stereocenters. The Balaban J connectivity index is 1.56. The average Bonchev–Trinajstić information content (AvgIpc) is 3.29. The lowest BCUT2D eigenvalue weighted by molar-refractivity contribution is 0.111. The van der Waals surface area contributed by atoms with Gasteiger partial charge >= 0.3 is 0 Å². The van der Waals surface area contributed by atoms with Gasteiger partial charge in [0.05, 0.1) is 5.75 Å². The molecular formula is C34H58O3SSi. The van der Waals surface area contributed by atoms with E-state index in [-0.39, 0.29) is 22.3 Å². The van der Waals surface area contributed by atoms with Crippen LogP contribution in [0, 0.1) is 35.0 Å². The van der Waals surface area contributed by atoms with Crippen molar-refractivity contribution in [3.63, 3.8) is 0 Å². The second-order valence-corrected chi connectivity index (χ2v) is 22.7. The van der Waals surface area contributed by atoms with E-state index in [1.54, 1.807) is 0 Å². The highest BCUT2D eigenvalue weighted by atomic mass is 32.2. The maximum absolute atomic E-state index is 13.6. The molecule has 2 saturated carbocycles. The van der Waals surface area contributed by atoms with Gasteiger partial charge in [0.1, 0.15) is 5.25 Å². The summed E-state index contributed by atoms with van der Waals surface area (Å²) < 4.78 is 34.0. The third-order valence-corrected chi connectivity index (χ3v) is 18.3. The summed E-state index contributed by atoms with van der Waals surface area (Å²) in [5.74, 6) is 3.31. The highest BCUT2D eigenvalue weighted by Gasteiger charge is 2.51. The van der Waals surface area contributed by atoms with Crippen molar-refractivity contribution in [2.45, 2.75) is 136 Å². The summed E-state index contributed by atoms with van der Waals surface area (Å²) in [5.41, 5.74) is 4.12. The first-order valence-electron chi connectivity index (χ1n) is 16.0. The fraction of sp³-hybridized carbons (Fsp3) is 0.824. The molecule has 0 radical (unpaired) electrons. The molecule has 4 aliphatic rings. The molecule has 39 heavy (non-hydrogen) atoms. The summed E-state index contributed by atoms with van der Waals surface area (Å²) in [6.45, 7) is 23.4. The van der Waals surface area contributed by atoms with Crippen LogP contribution in [0.4, 0.5) is 0 Å². The minimum absolute atomic E-state index is 0.159. The Morgan fingerprint density at radius 2 is 1.72 bits per heavy atom. The second-order valence-electron chi connectivity index (χ2n) is 15.8. The molecule has 0 bridgehead atoms. The smallest absolute Gasteiger partial charge is 0.192 e. The summed E-state index contributed by atoms with van der Waals surface area (Å²) >= 11 is 0. The Hall–Kier alpha value is -0.653. The van der Waals surface area contributed by atoms with Crippen molar-refractivity contribution >= 4 is 18.2 Å². The van der Waals surface area contributed by atoms with Crippen LogP contribution in [0.5, 0.6) is 0 Å². The lowest BCUT2D eigenvalue weighted by Crippen LogP contribution is -2.44. The van der Waals surface area contributed by atoms with Crippen molar-refractivity contribution in [2.75, 3.05) is 5.75 Å². The van der Waals surface area contributed by atoms with Gasteiger partial charge in [-0.1, -0.05) is 84.8 Å². The van der Waals surface area contributed by atoms with Crippen molar-refractivity contribution in [1.82, 2.24) is 0 Å². The molecule has 2 fully saturated rings. The predicted octanol–water partition coefficient (Wildman–Crippen LogP) is 9.28. The zero-order chi connectivity index (χ0) is 29.0. The normalized spacial score (nSPS) is 36.0. The SMILES string of the molecule is CC(C)C(C)C=CC(C)C1CCC2C(=CC3C4=C(CCC(O[Si](C)(C)C(C)(C)C)C4)CS3(=O)=O)CCCC21C. The fourth-order valence-corrected chi connectivity index (χ4v) is 11.4. The summed E-state index contributed by atoms with van der Waals surface area (Å²) in [6, 6.07) is 0. The monoisotopic (exact) mass is 574 g/mol. The van der Waals surface area contributed by atoms with Gasteiger partial charge in [-0.2, -0.15) is 0 Å². The van der Waals surface area contributed by atoms with Crippen LogP contribution in [0.2, 0.25) is 18.1 Å². The Bertz CT molecular complexity index is 1110. The molecule has 222 valence electrons. The summed E-state index contributed by atoms with van der Waals surface area (Å²) in [4.78, 5) is 0. The Kier molecular flexibility index (Phi) is 8.99. The molecule has 5 heteroatoms. The van der Waals surface area contributed by atoms with Crippen LogP contribution in [0.1, 0.15) is 107 Å². The molecule has 7 atom stereocenters. The third kappa shape index (κ3) is 6.26. The topological polar surface area (TPSA) is 43.4 Å². The van der Waals surface area contributed by atoms with Crippen molar-refractivity contribution in [1.29, 1.82) is 0 Å². The van der Waals surface area contributed by atoms with Crippen molar-refractivity contribution in [3.8, 4) is 0 Å². The maximum atomic E-state index is 13.6. The first-order chi connectivity index (χ1) is 18.0. The first kappa shape index (κ1) is 31.3. The van der Waals surface area contributed by atoms with Gasteiger partial charge in [0.25, 0.3) is 0 Å². The Labute approximate surface area is 242 Å². The minimum Gasteiger partial charge on any atom is -0.414 e. The average molecular weight is 575 g/mol. The quantitative estimate of drug-likeness (QED) is 0.225. The van der Waals surface area contributed by atoms with Gasteiger partial charge in [0, 0.05) is 6.10 Å². The molecule has 1 heterocycles. The number of sulfone groups is 1. The van der Waals surface area contributed by atoms with E-state index in [0.717, 1.165) is 25.7 Å². The fourth-order valence-electron chi connectivity index (χ4n) is 7.96. The maximum Gasteiger partial charge on any atom is 0.192 e. The van der Waals surface area contributed by atoms with Gasteiger partial charge in [-0.25, -0.2) is 8.42 Å². The molecule has 1 aliphatic heterocycles. The number of fused-ring (bicyclic) bond motifs is 1. The van der Waals surface area contributed by atoms with Gasteiger partial charge < -0.3 is 4.43 Å². The highest BCUT2D eigenvalue weighted by molar-refractivity contribution is 7.92. The molecule has 3 aliphatic carbocycles. The second kappa shape index (κ2) is 11.2. The lowest BCUT2D eigenvalue weighted by atomic mass is 9.61. The molecule has 0 saturated heterocycles. The molecule has 4 rings (SSSR count). The number of allylic oxidation sites excluding steroid dienone is 3. The third-order valence-electron chi connectivity index (χ3n) is 11.9. The van der Waals surface area contributed by atoms with Gasteiger partial charge in [0.15, 0.2) is 18.2 Å². The van der Waals surface area contributed by atoms with E-state index in [4.69, 9.17) is 4.43 Å². The zero-order valence-corrected chi connectivity index (χ0v) is 28.6. The van der Waals surface area contributed by atoms with E-state index >= 15 is 0 Å². The van der Waals surface area contributed by atoms with Crippen LogP contribution in [-0.2, 0) is 14.3 Å². The molecule has 3 nitrogen and oxygen atoms in total. The molecule has 0 aromatic heterocycles. The summed E-state index contributed by atoms with van der Waals surface area (Å²) in [6.07, 6.45) is 16.0. The number of hydrogen-bond acceptors (Lipinski definition) is 3.